The number of halogens is 2. The van der Waals surface area contributed by atoms with E-state index in [0.29, 0.717) is 10.0 Å². The number of hydrogen-bond donors (Lipinski definition) is 1. The van der Waals surface area contributed by atoms with Crippen LogP contribution in [0.4, 0.5) is 0 Å². The molecule has 4 aromatic rings. The van der Waals surface area contributed by atoms with Crippen molar-refractivity contribution in [2.24, 2.45) is 0 Å². The summed E-state index contributed by atoms with van der Waals surface area (Å²) >= 11 is 14.1. The molecule has 0 bridgehead atoms. The van der Waals surface area contributed by atoms with Crippen LogP contribution in [0.5, 0.6) is 5.75 Å². The molecule has 5 nitrogen and oxygen atoms in total. The minimum absolute atomic E-state index is 0.0412. The Bertz CT molecular complexity index is 1490. The molecule has 0 aliphatic rings. The van der Waals surface area contributed by atoms with E-state index >= 15 is 0 Å². The van der Waals surface area contributed by atoms with Crippen LogP contribution in [0.2, 0.25) is 10.0 Å². The Balaban J connectivity index is 1.70. The van der Waals surface area contributed by atoms with Gasteiger partial charge >= 0.3 is 0 Å². The van der Waals surface area contributed by atoms with Gasteiger partial charge in [-0.1, -0.05) is 35.3 Å². The smallest absolute Gasteiger partial charge is 0.240 e. The molecule has 0 saturated heterocycles. The maximum atomic E-state index is 12.8. The second-order valence-electron chi connectivity index (χ2n) is 7.27. The number of hydrogen-bond acceptors (Lipinski definition) is 5. The van der Waals surface area contributed by atoms with Gasteiger partial charge in [-0.3, -0.25) is 0 Å². The van der Waals surface area contributed by atoms with Crippen LogP contribution >= 0.6 is 34.5 Å². The van der Waals surface area contributed by atoms with Gasteiger partial charge in [0.25, 0.3) is 0 Å². The average Bonchev–Trinajstić information content (AvgIpc) is 3.27. The standard InChI is InChI=1S/C25H18Cl2N2O3S2/c1-32-19-8-5-17(6-9-19)25-23(22-10-7-18(26)12-24(22)27)13-20(33-25)15-29-34(30,31)21-4-2-3-16(11-21)14-28/h2-13,29H,15H2,1H3. The lowest BCUT2D eigenvalue weighted by atomic mass is 10.0. The summed E-state index contributed by atoms with van der Waals surface area (Å²) in [5, 5.41) is 10.1. The highest BCUT2D eigenvalue weighted by Gasteiger charge is 2.19. The molecule has 3 aromatic carbocycles. The maximum Gasteiger partial charge on any atom is 0.240 e. The molecule has 0 amide bonds. The van der Waals surface area contributed by atoms with Gasteiger partial charge < -0.3 is 4.74 Å². The highest BCUT2D eigenvalue weighted by atomic mass is 35.5. The van der Waals surface area contributed by atoms with Crippen molar-refractivity contribution < 1.29 is 13.2 Å². The van der Waals surface area contributed by atoms with Crippen molar-refractivity contribution in [1.82, 2.24) is 4.72 Å². The molecule has 0 aliphatic carbocycles. The van der Waals surface area contributed by atoms with Gasteiger partial charge in [0.05, 0.1) is 23.6 Å². The van der Waals surface area contributed by atoms with E-state index < -0.39 is 10.0 Å². The molecule has 1 aromatic heterocycles. The van der Waals surface area contributed by atoms with Crippen molar-refractivity contribution in [1.29, 1.82) is 5.26 Å². The lowest BCUT2D eigenvalue weighted by Gasteiger charge is -2.08. The Kier molecular flexibility index (Phi) is 7.27. The van der Waals surface area contributed by atoms with E-state index in [-0.39, 0.29) is 17.0 Å². The second kappa shape index (κ2) is 10.2. The number of methoxy groups -OCH3 is 1. The predicted molar refractivity (Wildman–Crippen MR) is 137 cm³/mol. The Morgan fingerprint density at radius 2 is 1.76 bits per heavy atom. The molecule has 9 heteroatoms. The highest BCUT2D eigenvalue weighted by molar-refractivity contribution is 7.89. The molecular formula is C25H18Cl2N2O3S2. The lowest BCUT2D eigenvalue weighted by molar-refractivity contribution is 0.415. The molecule has 1 N–H and O–H groups in total. The Hall–Kier alpha value is -2.86. The topological polar surface area (TPSA) is 79.2 Å². The largest absolute Gasteiger partial charge is 0.497 e. The van der Waals surface area contributed by atoms with Crippen LogP contribution in [0.3, 0.4) is 0 Å². The molecular weight excluding hydrogens is 511 g/mol. The van der Waals surface area contributed by atoms with Gasteiger partial charge in [-0.05, 0) is 66.2 Å². The number of thiophene rings is 1. The zero-order valence-electron chi connectivity index (χ0n) is 17.9. The molecule has 0 radical (unpaired) electrons. The summed E-state index contributed by atoms with van der Waals surface area (Å²) in [5.41, 5.74) is 2.89. The molecule has 1 heterocycles. The first-order valence-corrected chi connectivity index (χ1v) is 13.1. The summed E-state index contributed by atoms with van der Waals surface area (Å²) in [4.78, 5) is 1.78. The zero-order valence-corrected chi connectivity index (χ0v) is 21.0. The van der Waals surface area contributed by atoms with Crippen LogP contribution in [-0.2, 0) is 16.6 Å². The van der Waals surface area contributed by atoms with Gasteiger partial charge in [0.15, 0.2) is 0 Å². The van der Waals surface area contributed by atoms with Crippen LogP contribution in [0.15, 0.2) is 77.7 Å². The van der Waals surface area contributed by atoms with E-state index in [1.165, 1.54) is 23.5 Å². The van der Waals surface area contributed by atoms with Crippen molar-refractivity contribution in [2.75, 3.05) is 7.11 Å². The number of nitriles is 1. The fourth-order valence-electron chi connectivity index (χ4n) is 3.38. The molecule has 0 unspecified atom stereocenters. The van der Waals surface area contributed by atoms with Gasteiger partial charge in [-0.2, -0.15) is 5.26 Å². The molecule has 0 spiro atoms. The van der Waals surface area contributed by atoms with Crippen LogP contribution in [-0.4, -0.2) is 15.5 Å². The summed E-state index contributed by atoms with van der Waals surface area (Å²) in [7, 11) is -2.19. The van der Waals surface area contributed by atoms with E-state index in [0.717, 1.165) is 32.2 Å². The first-order chi connectivity index (χ1) is 16.3. The first kappa shape index (κ1) is 24.3. The molecule has 0 aliphatic heterocycles. The van der Waals surface area contributed by atoms with Gasteiger partial charge in [0, 0.05) is 37.5 Å². The van der Waals surface area contributed by atoms with Crippen LogP contribution in [0, 0.1) is 11.3 Å². The third kappa shape index (κ3) is 5.27. The molecule has 34 heavy (non-hydrogen) atoms. The van der Waals surface area contributed by atoms with Crippen molar-refractivity contribution in [3.8, 4) is 33.4 Å². The first-order valence-electron chi connectivity index (χ1n) is 10.0. The summed E-state index contributed by atoms with van der Waals surface area (Å²) in [5.74, 6) is 0.735. The van der Waals surface area contributed by atoms with Gasteiger partial charge in [0.1, 0.15) is 5.75 Å². The number of nitrogens with one attached hydrogen (secondary N) is 1. The molecule has 0 fully saturated rings. The molecule has 0 saturated carbocycles. The SMILES string of the molecule is COc1ccc(-c2sc(CNS(=O)(=O)c3cccc(C#N)c3)cc2-c2ccc(Cl)cc2Cl)cc1. The lowest BCUT2D eigenvalue weighted by Crippen LogP contribution is -2.22. The van der Waals surface area contributed by atoms with E-state index in [2.05, 4.69) is 4.72 Å². The second-order valence-corrected chi connectivity index (χ2v) is 11.0. The quantitative estimate of drug-likeness (QED) is 0.287. The van der Waals surface area contributed by atoms with Crippen LogP contribution in [0.1, 0.15) is 10.4 Å². The van der Waals surface area contributed by atoms with Crippen molar-refractivity contribution in [2.45, 2.75) is 11.4 Å². The highest BCUT2D eigenvalue weighted by Crippen LogP contribution is 2.43. The maximum absolute atomic E-state index is 12.8. The molecule has 0 atom stereocenters. The third-order valence-electron chi connectivity index (χ3n) is 5.07. The summed E-state index contributed by atoms with van der Waals surface area (Å²) in [6, 6.07) is 22.7. The van der Waals surface area contributed by atoms with Crippen LogP contribution < -0.4 is 9.46 Å². The van der Waals surface area contributed by atoms with Crippen LogP contribution in [0.25, 0.3) is 21.6 Å². The Labute approximate surface area is 212 Å². The average molecular weight is 529 g/mol. The number of sulfonamides is 1. The number of nitrogens with zero attached hydrogens (tertiary/aromatic N) is 1. The van der Waals surface area contributed by atoms with Gasteiger partial charge in [0.2, 0.25) is 10.0 Å². The monoisotopic (exact) mass is 528 g/mol. The third-order valence-corrected chi connectivity index (χ3v) is 8.20. The molecule has 172 valence electrons. The molecule has 4 rings (SSSR count). The van der Waals surface area contributed by atoms with Crippen molar-refractivity contribution >= 4 is 44.6 Å². The zero-order chi connectivity index (χ0) is 24.3. The fourth-order valence-corrected chi connectivity index (χ4v) is 6.15. The van der Waals surface area contributed by atoms with E-state index in [4.69, 9.17) is 33.2 Å². The van der Waals surface area contributed by atoms with Gasteiger partial charge in [-0.15, -0.1) is 11.3 Å². The Morgan fingerprint density at radius 1 is 1.00 bits per heavy atom. The number of rotatable bonds is 7. The predicted octanol–water partition coefficient (Wildman–Crippen LogP) is 6.75. The number of ether oxygens (including phenoxy) is 1. The summed E-state index contributed by atoms with van der Waals surface area (Å²) in [6.07, 6.45) is 0. The van der Waals surface area contributed by atoms with Crippen molar-refractivity contribution in [3.63, 3.8) is 0 Å². The fraction of sp³-hybridized carbons (Fsp3) is 0.0800. The Morgan fingerprint density at radius 3 is 2.44 bits per heavy atom. The van der Waals surface area contributed by atoms with Gasteiger partial charge in [-0.25, -0.2) is 13.1 Å². The normalized spacial score (nSPS) is 11.2. The number of benzene rings is 3. The van der Waals surface area contributed by atoms with E-state index in [9.17, 15) is 8.42 Å². The summed E-state index contributed by atoms with van der Waals surface area (Å²) in [6.45, 7) is 0.0815. The van der Waals surface area contributed by atoms with E-state index in [1.54, 1.807) is 31.4 Å². The minimum atomic E-state index is -3.80. The minimum Gasteiger partial charge on any atom is -0.497 e. The summed E-state index contributed by atoms with van der Waals surface area (Å²) < 4.78 is 33.5. The van der Waals surface area contributed by atoms with E-state index in [1.807, 2.05) is 42.5 Å². The van der Waals surface area contributed by atoms with Crippen molar-refractivity contribution in [3.05, 3.63) is 93.3 Å².